The van der Waals surface area contributed by atoms with Gasteiger partial charge in [0.15, 0.2) is 0 Å². The van der Waals surface area contributed by atoms with Crippen molar-refractivity contribution in [2.75, 3.05) is 13.1 Å². The molecule has 1 aromatic rings. The number of likely N-dealkylation sites (N-methyl/N-ethyl adjacent to an activating group) is 1. The molecule has 0 unspecified atom stereocenters. The molecule has 0 spiro atoms. The summed E-state index contributed by atoms with van der Waals surface area (Å²) in [6, 6.07) is 1.99. The Morgan fingerprint density at radius 2 is 2.33 bits per heavy atom. The maximum atomic E-state index is 5.58. The fourth-order valence-corrected chi connectivity index (χ4v) is 1.59. The molecule has 0 bridgehead atoms. The van der Waals surface area contributed by atoms with Crippen LogP contribution in [0.5, 0.6) is 0 Å². The van der Waals surface area contributed by atoms with Crippen LogP contribution in [-0.2, 0) is 13.1 Å². The van der Waals surface area contributed by atoms with Crippen LogP contribution in [0.25, 0.3) is 0 Å². The van der Waals surface area contributed by atoms with Crippen LogP contribution in [-0.4, -0.2) is 18.0 Å². The average Bonchev–Trinajstić information content (AvgIpc) is 2.63. The molecule has 84 valence electrons. The Morgan fingerprint density at radius 1 is 1.60 bits per heavy atom. The van der Waals surface area contributed by atoms with E-state index in [2.05, 4.69) is 18.4 Å². The molecule has 1 rings (SSSR count). The molecule has 0 aliphatic rings. The van der Waals surface area contributed by atoms with Gasteiger partial charge >= 0.3 is 0 Å². The topological polar surface area (TPSA) is 42.4 Å². The molecule has 15 heavy (non-hydrogen) atoms. The Morgan fingerprint density at radius 3 is 2.87 bits per heavy atom. The van der Waals surface area contributed by atoms with E-state index in [9.17, 15) is 0 Å². The van der Waals surface area contributed by atoms with Gasteiger partial charge in [0.25, 0.3) is 0 Å². The Bertz CT molecular complexity index is 317. The normalized spacial score (nSPS) is 10.9. The monoisotopic (exact) mass is 208 g/mol. The number of nitrogens with two attached hydrogens (primary N) is 1. The summed E-state index contributed by atoms with van der Waals surface area (Å²) in [5.74, 6) is 0.884. The molecule has 2 N–H and O–H groups in total. The second-order valence-electron chi connectivity index (χ2n) is 3.83. The van der Waals surface area contributed by atoms with Gasteiger partial charge in [0, 0.05) is 18.7 Å². The Kier molecular flexibility index (Phi) is 4.59. The van der Waals surface area contributed by atoms with Gasteiger partial charge in [0.2, 0.25) is 0 Å². The van der Waals surface area contributed by atoms with E-state index in [0.717, 1.165) is 25.4 Å². The summed E-state index contributed by atoms with van der Waals surface area (Å²) >= 11 is 0. The first-order chi connectivity index (χ1) is 7.17. The van der Waals surface area contributed by atoms with Crippen LogP contribution < -0.4 is 5.73 Å². The average molecular weight is 208 g/mol. The highest BCUT2D eigenvalue weighted by atomic mass is 16.3. The number of rotatable bonds is 6. The summed E-state index contributed by atoms with van der Waals surface area (Å²) in [6.07, 6.45) is 1.70. The molecular formula is C12H20N2O. The van der Waals surface area contributed by atoms with Crippen molar-refractivity contribution >= 4 is 0 Å². The standard InChI is InChI=1S/C12H20N2O/c1-4-14(8-10(2)3)9-11-5-6-15-12(11)7-13/h5-6H,2,4,7-9,13H2,1,3H3. The fourth-order valence-electron chi connectivity index (χ4n) is 1.59. The SMILES string of the molecule is C=C(C)CN(CC)Cc1ccoc1CN. The van der Waals surface area contributed by atoms with Gasteiger partial charge in [-0.3, -0.25) is 4.90 Å². The lowest BCUT2D eigenvalue weighted by Crippen LogP contribution is -2.24. The van der Waals surface area contributed by atoms with Gasteiger partial charge in [-0.05, 0) is 19.5 Å². The maximum Gasteiger partial charge on any atom is 0.121 e. The molecule has 1 aromatic heterocycles. The third-order valence-electron chi connectivity index (χ3n) is 2.36. The molecule has 0 saturated heterocycles. The molecule has 0 aromatic carbocycles. The lowest BCUT2D eigenvalue weighted by atomic mass is 10.2. The van der Waals surface area contributed by atoms with E-state index in [1.54, 1.807) is 6.26 Å². The van der Waals surface area contributed by atoms with E-state index in [1.165, 1.54) is 11.1 Å². The molecule has 0 fully saturated rings. The summed E-state index contributed by atoms with van der Waals surface area (Å²) in [6.45, 7) is 11.4. The van der Waals surface area contributed by atoms with Crippen LogP contribution in [0.2, 0.25) is 0 Å². The molecule has 3 heteroatoms. The Labute approximate surface area is 91.6 Å². The van der Waals surface area contributed by atoms with Crippen molar-refractivity contribution in [2.24, 2.45) is 5.73 Å². The van der Waals surface area contributed by atoms with E-state index in [4.69, 9.17) is 10.2 Å². The zero-order valence-corrected chi connectivity index (χ0v) is 9.62. The molecule has 0 aliphatic heterocycles. The highest BCUT2D eigenvalue weighted by Crippen LogP contribution is 2.13. The van der Waals surface area contributed by atoms with Crippen LogP contribution >= 0.6 is 0 Å². The second-order valence-corrected chi connectivity index (χ2v) is 3.83. The summed E-state index contributed by atoms with van der Waals surface area (Å²) in [5, 5.41) is 0. The third kappa shape index (κ3) is 3.53. The van der Waals surface area contributed by atoms with Gasteiger partial charge in [-0.15, -0.1) is 0 Å². The van der Waals surface area contributed by atoms with E-state index in [1.807, 2.05) is 13.0 Å². The van der Waals surface area contributed by atoms with Gasteiger partial charge in [-0.25, -0.2) is 0 Å². The number of nitrogens with zero attached hydrogens (tertiary/aromatic N) is 1. The smallest absolute Gasteiger partial charge is 0.121 e. The van der Waals surface area contributed by atoms with E-state index in [-0.39, 0.29) is 0 Å². The number of furan rings is 1. The van der Waals surface area contributed by atoms with E-state index in [0.29, 0.717) is 6.54 Å². The molecule has 0 aliphatic carbocycles. The first-order valence-electron chi connectivity index (χ1n) is 5.29. The largest absolute Gasteiger partial charge is 0.468 e. The van der Waals surface area contributed by atoms with Gasteiger partial charge in [-0.2, -0.15) is 0 Å². The summed E-state index contributed by atoms with van der Waals surface area (Å²) in [5.41, 5.74) is 7.94. The zero-order chi connectivity index (χ0) is 11.3. The lowest BCUT2D eigenvalue weighted by molar-refractivity contribution is 0.301. The quantitative estimate of drug-likeness (QED) is 0.728. The number of hydrogen-bond donors (Lipinski definition) is 1. The van der Waals surface area contributed by atoms with Crippen molar-refractivity contribution in [3.63, 3.8) is 0 Å². The van der Waals surface area contributed by atoms with Crippen molar-refractivity contribution < 1.29 is 4.42 Å². The third-order valence-corrected chi connectivity index (χ3v) is 2.36. The highest BCUT2D eigenvalue weighted by molar-refractivity contribution is 5.16. The fraction of sp³-hybridized carbons (Fsp3) is 0.500. The number of hydrogen-bond acceptors (Lipinski definition) is 3. The summed E-state index contributed by atoms with van der Waals surface area (Å²) < 4.78 is 5.29. The predicted molar refractivity (Wildman–Crippen MR) is 62.4 cm³/mol. The van der Waals surface area contributed by atoms with Crippen molar-refractivity contribution in [1.82, 2.24) is 4.90 Å². The lowest BCUT2D eigenvalue weighted by Gasteiger charge is -2.20. The molecule has 1 heterocycles. The Hall–Kier alpha value is -1.06. The van der Waals surface area contributed by atoms with Crippen LogP contribution in [0.1, 0.15) is 25.2 Å². The molecular weight excluding hydrogens is 188 g/mol. The summed E-state index contributed by atoms with van der Waals surface area (Å²) in [4.78, 5) is 2.31. The first-order valence-corrected chi connectivity index (χ1v) is 5.29. The minimum absolute atomic E-state index is 0.465. The minimum atomic E-state index is 0.465. The van der Waals surface area contributed by atoms with Gasteiger partial charge in [-0.1, -0.05) is 19.1 Å². The first kappa shape index (κ1) is 12.0. The minimum Gasteiger partial charge on any atom is -0.468 e. The van der Waals surface area contributed by atoms with Crippen LogP contribution in [0.4, 0.5) is 0 Å². The van der Waals surface area contributed by atoms with Crippen LogP contribution in [0, 0.1) is 0 Å². The van der Waals surface area contributed by atoms with Crippen molar-refractivity contribution in [2.45, 2.75) is 26.9 Å². The summed E-state index contributed by atoms with van der Waals surface area (Å²) in [7, 11) is 0. The predicted octanol–water partition coefficient (Wildman–Crippen LogP) is 2.14. The van der Waals surface area contributed by atoms with Gasteiger partial charge in [0.1, 0.15) is 5.76 Å². The van der Waals surface area contributed by atoms with Crippen molar-refractivity contribution in [3.05, 3.63) is 35.8 Å². The zero-order valence-electron chi connectivity index (χ0n) is 9.62. The highest BCUT2D eigenvalue weighted by Gasteiger charge is 2.09. The van der Waals surface area contributed by atoms with E-state index < -0.39 is 0 Å². The molecule has 0 radical (unpaired) electrons. The van der Waals surface area contributed by atoms with Crippen molar-refractivity contribution in [3.8, 4) is 0 Å². The van der Waals surface area contributed by atoms with Crippen LogP contribution in [0.3, 0.4) is 0 Å². The Balaban J connectivity index is 2.62. The second kappa shape index (κ2) is 5.73. The maximum absolute atomic E-state index is 5.58. The van der Waals surface area contributed by atoms with E-state index >= 15 is 0 Å². The molecule has 0 saturated carbocycles. The van der Waals surface area contributed by atoms with Gasteiger partial charge in [0.05, 0.1) is 12.8 Å². The van der Waals surface area contributed by atoms with Gasteiger partial charge < -0.3 is 10.2 Å². The molecule has 3 nitrogen and oxygen atoms in total. The molecule has 0 atom stereocenters. The van der Waals surface area contributed by atoms with Crippen LogP contribution in [0.15, 0.2) is 28.9 Å². The van der Waals surface area contributed by atoms with Crippen molar-refractivity contribution in [1.29, 1.82) is 0 Å². The molecule has 0 amide bonds.